The van der Waals surface area contributed by atoms with E-state index in [1.807, 2.05) is 62.4 Å². The fraction of sp³-hybridized carbons (Fsp3) is 0.0667. The lowest BCUT2D eigenvalue weighted by Gasteiger charge is -2.05. The van der Waals surface area contributed by atoms with Crippen LogP contribution in [0, 0.1) is 41.1 Å². The van der Waals surface area contributed by atoms with Gasteiger partial charge in [-0.2, -0.15) is 5.26 Å². The normalized spacial score (nSPS) is 11.1. The molecule has 7 nitrogen and oxygen atoms in total. The van der Waals surface area contributed by atoms with E-state index in [9.17, 15) is 19.8 Å². The predicted octanol–water partition coefficient (Wildman–Crippen LogP) is 8.16. The third-order valence-corrected chi connectivity index (χ3v) is 6.01. The van der Waals surface area contributed by atoms with Crippen LogP contribution in [0.5, 0.6) is 0 Å². The van der Waals surface area contributed by atoms with Crippen LogP contribution in [0.4, 0.5) is 16.0 Å². The van der Waals surface area contributed by atoms with E-state index in [0.29, 0.717) is 11.3 Å². The number of halogens is 1. The van der Waals surface area contributed by atoms with Gasteiger partial charge in [-0.1, -0.05) is 59.7 Å². The van der Waals surface area contributed by atoms with Crippen molar-refractivity contribution in [2.75, 3.05) is 0 Å². The van der Waals surface area contributed by atoms with E-state index in [1.54, 1.807) is 6.07 Å². The number of nitrogens with zero attached hydrogens (tertiary/aromatic N) is 3. The lowest BCUT2D eigenvalue weighted by molar-refractivity contribution is -0.384. The molecule has 0 fully saturated rings. The van der Waals surface area contributed by atoms with Gasteiger partial charge in [-0.05, 0) is 43.7 Å². The molecule has 0 amide bonds. The third kappa shape index (κ3) is 4.73. The smallest absolute Gasteiger partial charge is 0.283 e. The number of nitro groups is 1. The highest BCUT2D eigenvalue weighted by Gasteiger charge is 2.23. The fourth-order valence-electron chi connectivity index (χ4n) is 4.07. The maximum atomic E-state index is 13.5. The highest BCUT2D eigenvalue weighted by Crippen LogP contribution is 2.42. The van der Waals surface area contributed by atoms with Gasteiger partial charge < -0.3 is 8.83 Å². The van der Waals surface area contributed by atoms with Gasteiger partial charge in [0.15, 0.2) is 0 Å². The Balaban J connectivity index is 1.57. The van der Waals surface area contributed by atoms with E-state index in [1.165, 1.54) is 18.3 Å². The van der Waals surface area contributed by atoms with Gasteiger partial charge in [0.25, 0.3) is 5.69 Å². The number of hydrogen-bond acceptors (Lipinski definition) is 6. The first-order valence-electron chi connectivity index (χ1n) is 11.6. The highest BCUT2D eigenvalue weighted by molar-refractivity contribution is 5.89. The summed E-state index contributed by atoms with van der Waals surface area (Å²) in [4.78, 5) is 15.1. The highest BCUT2D eigenvalue weighted by atomic mass is 19.1. The summed E-state index contributed by atoms with van der Waals surface area (Å²) in [6, 6.07) is 24.1. The van der Waals surface area contributed by atoms with Crippen LogP contribution < -0.4 is 0 Å². The Hall–Kier alpha value is -5.29. The molecule has 0 bridgehead atoms. The molecular weight excluding hydrogens is 485 g/mol. The van der Waals surface area contributed by atoms with Crippen LogP contribution in [-0.2, 0) is 0 Å². The summed E-state index contributed by atoms with van der Waals surface area (Å²) in [5.41, 5.74) is 4.41. The molecule has 0 aliphatic rings. The lowest BCUT2D eigenvalue weighted by Crippen LogP contribution is -1.92. The second-order valence-corrected chi connectivity index (χ2v) is 8.71. The number of nitro benzene ring substituents is 1. The molecule has 0 spiro atoms. The predicted molar refractivity (Wildman–Crippen MR) is 142 cm³/mol. The first-order valence-corrected chi connectivity index (χ1v) is 11.6. The molecule has 0 saturated heterocycles. The minimum atomic E-state index is -0.718. The molecule has 186 valence electrons. The summed E-state index contributed by atoms with van der Waals surface area (Å²) >= 11 is 0. The Morgan fingerprint density at radius 3 is 2.21 bits per heavy atom. The lowest BCUT2D eigenvalue weighted by atomic mass is 9.97. The summed E-state index contributed by atoms with van der Waals surface area (Å²) in [7, 11) is 0. The topological polar surface area (TPSA) is 106 Å². The standard InChI is InChI=1S/C30H20FN3O4/c1-18-3-7-20(8-4-18)28-25(16-32)30(38-29(28)21-9-5-19(2)6-10-21)33-17-23-12-14-27(37-23)24-13-11-22(31)15-26(24)34(35)36/h3-15,17H,1-2H3. The van der Waals surface area contributed by atoms with Gasteiger partial charge in [-0.3, -0.25) is 10.1 Å². The van der Waals surface area contributed by atoms with Gasteiger partial charge in [0.1, 0.15) is 34.7 Å². The zero-order valence-electron chi connectivity index (χ0n) is 20.4. The molecule has 3 aromatic carbocycles. The molecule has 8 heteroatoms. The minimum Gasteiger partial charge on any atom is -0.455 e. The Labute approximate surface area is 217 Å². The van der Waals surface area contributed by atoms with E-state index in [4.69, 9.17) is 8.83 Å². The van der Waals surface area contributed by atoms with Gasteiger partial charge in [0.05, 0.1) is 22.8 Å². The number of nitriles is 1. The molecule has 0 aliphatic heterocycles. The molecule has 0 atom stereocenters. The molecule has 0 aliphatic carbocycles. The van der Waals surface area contributed by atoms with Crippen LogP contribution in [0.2, 0.25) is 0 Å². The molecule has 5 aromatic rings. The van der Waals surface area contributed by atoms with Gasteiger partial charge in [0.2, 0.25) is 5.88 Å². The van der Waals surface area contributed by atoms with Gasteiger partial charge in [-0.25, -0.2) is 9.38 Å². The van der Waals surface area contributed by atoms with Crippen molar-refractivity contribution in [3.63, 3.8) is 0 Å². The number of benzene rings is 3. The maximum Gasteiger partial charge on any atom is 0.283 e. The number of aliphatic imine (C=N–C) groups is 1. The Bertz CT molecular complexity index is 1720. The monoisotopic (exact) mass is 505 g/mol. The molecule has 38 heavy (non-hydrogen) atoms. The quantitative estimate of drug-likeness (QED) is 0.131. The zero-order valence-corrected chi connectivity index (χ0v) is 20.4. The third-order valence-electron chi connectivity index (χ3n) is 6.01. The Kier molecular flexibility index (Phi) is 6.42. The summed E-state index contributed by atoms with van der Waals surface area (Å²) in [6.07, 6.45) is 1.37. The molecular formula is C30H20FN3O4. The fourth-order valence-corrected chi connectivity index (χ4v) is 4.07. The number of aryl methyl sites for hydroxylation is 2. The van der Waals surface area contributed by atoms with Crippen LogP contribution in [0.3, 0.4) is 0 Å². The van der Waals surface area contributed by atoms with Crippen LogP contribution >= 0.6 is 0 Å². The Morgan fingerprint density at radius 2 is 1.58 bits per heavy atom. The molecule has 0 N–H and O–H groups in total. The van der Waals surface area contributed by atoms with E-state index in [0.717, 1.165) is 34.4 Å². The van der Waals surface area contributed by atoms with Crippen LogP contribution in [0.1, 0.15) is 22.5 Å². The molecule has 2 aromatic heterocycles. The van der Waals surface area contributed by atoms with Crippen molar-refractivity contribution in [3.05, 3.63) is 117 Å². The van der Waals surface area contributed by atoms with E-state index < -0.39 is 16.4 Å². The van der Waals surface area contributed by atoms with Crippen LogP contribution in [0.25, 0.3) is 33.8 Å². The second-order valence-electron chi connectivity index (χ2n) is 8.71. The summed E-state index contributed by atoms with van der Waals surface area (Å²) in [6.45, 7) is 3.97. The largest absolute Gasteiger partial charge is 0.455 e. The number of rotatable bonds is 6. The summed E-state index contributed by atoms with van der Waals surface area (Å²) < 4.78 is 25.4. The van der Waals surface area contributed by atoms with Gasteiger partial charge >= 0.3 is 0 Å². The van der Waals surface area contributed by atoms with Gasteiger partial charge in [0, 0.05) is 11.1 Å². The van der Waals surface area contributed by atoms with Gasteiger partial charge in [-0.15, -0.1) is 0 Å². The average molecular weight is 506 g/mol. The molecule has 0 unspecified atom stereocenters. The van der Waals surface area contributed by atoms with Crippen LogP contribution in [0.15, 0.2) is 92.7 Å². The first kappa shape index (κ1) is 24.4. The SMILES string of the molecule is Cc1ccc(-c2oc(N=Cc3ccc(-c4ccc(F)cc4[N+](=O)[O-])o3)c(C#N)c2-c2ccc(C)cc2)cc1. The van der Waals surface area contributed by atoms with Crippen molar-refractivity contribution in [2.24, 2.45) is 4.99 Å². The molecule has 2 heterocycles. The van der Waals surface area contributed by atoms with Crippen molar-refractivity contribution in [1.29, 1.82) is 5.26 Å². The maximum absolute atomic E-state index is 13.5. The van der Waals surface area contributed by atoms with E-state index in [-0.39, 0.29) is 28.5 Å². The van der Waals surface area contributed by atoms with Crippen molar-refractivity contribution in [3.8, 4) is 39.8 Å². The zero-order chi connectivity index (χ0) is 26.8. The average Bonchev–Trinajstić information content (AvgIpc) is 3.53. The second kappa shape index (κ2) is 9.99. The van der Waals surface area contributed by atoms with E-state index in [2.05, 4.69) is 11.1 Å². The minimum absolute atomic E-state index is 0.101. The van der Waals surface area contributed by atoms with Crippen molar-refractivity contribution >= 4 is 17.8 Å². The number of hydrogen-bond donors (Lipinski definition) is 0. The van der Waals surface area contributed by atoms with Crippen molar-refractivity contribution in [2.45, 2.75) is 13.8 Å². The van der Waals surface area contributed by atoms with Crippen LogP contribution in [-0.4, -0.2) is 11.1 Å². The number of furan rings is 2. The first-order chi connectivity index (χ1) is 18.3. The Morgan fingerprint density at radius 1 is 0.921 bits per heavy atom. The molecule has 0 radical (unpaired) electrons. The summed E-state index contributed by atoms with van der Waals surface area (Å²) in [5, 5.41) is 21.4. The van der Waals surface area contributed by atoms with Crippen molar-refractivity contribution < 1.29 is 18.1 Å². The van der Waals surface area contributed by atoms with Crippen molar-refractivity contribution in [1.82, 2.24) is 0 Å². The van der Waals surface area contributed by atoms with E-state index >= 15 is 0 Å². The molecule has 0 saturated carbocycles. The summed E-state index contributed by atoms with van der Waals surface area (Å²) in [5.74, 6) is 0.347. The molecule has 5 rings (SSSR count).